The summed E-state index contributed by atoms with van der Waals surface area (Å²) in [5, 5.41) is 0. The van der Waals surface area contributed by atoms with Crippen LogP contribution in [0, 0.1) is 6.92 Å². The van der Waals surface area contributed by atoms with E-state index in [4.69, 9.17) is 9.47 Å². The highest BCUT2D eigenvalue weighted by Gasteiger charge is 2.08. The maximum Gasteiger partial charge on any atom is 0.170 e. The summed E-state index contributed by atoms with van der Waals surface area (Å²) in [6, 6.07) is 25.3. The lowest BCUT2D eigenvalue weighted by molar-refractivity contribution is 0.418. The lowest BCUT2D eigenvalue weighted by Crippen LogP contribution is -1.91. The Labute approximate surface area is 138 Å². The topological polar surface area (TPSA) is 18.5 Å². The van der Waals surface area contributed by atoms with Crippen molar-refractivity contribution in [2.45, 2.75) is 20.8 Å². The largest absolute Gasteiger partial charge is 0.453 e. The van der Waals surface area contributed by atoms with Gasteiger partial charge in [-0.2, -0.15) is 0 Å². The summed E-state index contributed by atoms with van der Waals surface area (Å²) in [5.41, 5.74) is 1.13. The van der Waals surface area contributed by atoms with Crippen LogP contribution in [0.2, 0.25) is 0 Å². The fourth-order valence-electron chi connectivity index (χ4n) is 2.01. The van der Waals surface area contributed by atoms with Gasteiger partial charge in [0.2, 0.25) is 0 Å². The van der Waals surface area contributed by atoms with Gasteiger partial charge in [-0.05, 0) is 48.9 Å². The Bertz CT molecular complexity index is 706. The summed E-state index contributed by atoms with van der Waals surface area (Å²) >= 11 is 0. The fraction of sp³-hybridized carbons (Fsp3) is 0.143. The van der Waals surface area contributed by atoms with Crippen LogP contribution in [-0.2, 0) is 0 Å². The maximum atomic E-state index is 5.94. The van der Waals surface area contributed by atoms with Crippen LogP contribution in [0.1, 0.15) is 19.4 Å². The summed E-state index contributed by atoms with van der Waals surface area (Å²) in [5.74, 6) is 3.00. The zero-order chi connectivity index (χ0) is 16.5. The third kappa shape index (κ3) is 4.89. The van der Waals surface area contributed by atoms with Crippen LogP contribution < -0.4 is 9.47 Å². The standard InChI is InChI=1S/C19H16O2.C2H6/c1-15-12-13-18(20-16-8-4-2-5-9-16)19(14-15)21-17-10-6-3-7-11-17;1-2/h2-14H,1H3;1-2H3. The molecule has 0 aliphatic carbocycles. The lowest BCUT2D eigenvalue weighted by atomic mass is 10.2. The van der Waals surface area contributed by atoms with Gasteiger partial charge in [-0.3, -0.25) is 0 Å². The first-order valence-electron chi connectivity index (χ1n) is 7.88. The minimum absolute atomic E-state index is 0.704. The summed E-state index contributed by atoms with van der Waals surface area (Å²) in [7, 11) is 0. The second-order valence-electron chi connectivity index (χ2n) is 4.78. The predicted molar refractivity (Wildman–Crippen MR) is 95.6 cm³/mol. The van der Waals surface area contributed by atoms with Crippen LogP contribution in [0.25, 0.3) is 0 Å². The Kier molecular flexibility index (Phi) is 6.25. The van der Waals surface area contributed by atoms with Crippen molar-refractivity contribution < 1.29 is 9.47 Å². The summed E-state index contributed by atoms with van der Waals surface area (Å²) in [6.45, 7) is 6.03. The van der Waals surface area contributed by atoms with Crippen molar-refractivity contribution >= 4 is 0 Å². The van der Waals surface area contributed by atoms with Gasteiger partial charge in [0.25, 0.3) is 0 Å². The van der Waals surface area contributed by atoms with Gasteiger partial charge in [-0.25, -0.2) is 0 Å². The first kappa shape index (κ1) is 16.6. The van der Waals surface area contributed by atoms with E-state index in [0.717, 1.165) is 17.1 Å². The summed E-state index contributed by atoms with van der Waals surface area (Å²) < 4.78 is 11.8. The molecule has 0 saturated heterocycles. The van der Waals surface area contributed by atoms with Gasteiger partial charge in [0.05, 0.1) is 0 Å². The zero-order valence-corrected chi connectivity index (χ0v) is 13.8. The minimum Gasteiger partial charge on any atom is -0.453 e. The van der Waals surface area contributed by atoms with Gasteiger partial charge in [0.15, 0.2) is 11.5 Å². The molecule has 2 heteroatoms. The van der Waals surface area contributed by atoms with Crippen molar-refractivity contribution in [3.63, 3.8) is 0 Å². The van der Waals surface area contributed by atoms with E-state index in [1.807, 2.05) is 99.6 Å². The highest BCUT2D eigenvalue weighted by molar-refractivity contribution is 5.47. The van der Waals surface area contributed by atoms with Gasteiger partial charge in [0.1, 0.15) is 11.5 Å². The first-order chi connectivity index (χ1) is 11.3. The average Bonchev–Trinajstić information content (AvgIpc) is 2.61. The molecule has 0 bridgehead atoms. The summed E-state index contributed by atoms with van der Waals surface area (Å²) in [6.07, 6.45) is 0. The van der Waals surface area contributed by atoms with Crippen molar-refractivity contribution in [1.82, 2.24) is 0 Å². The molecule has 0 amide bonds. The molecule has 0 aliphatic rings. The van der Waals surface area contributed by atoms with E-state index in [2.05, 4.69) is 0 Å². The van der Waals surface area contributed by atoms with E-state index in [-0.39, 0.29) is 0 Å². The molecule has 3 rings (SSSR count). The molecule has 23 heavy (non-hydrogen) atoms. The van der Waals surface area contributed by atoms with Gasteiger partial charge >= 0.3 is 0 Å². The van der Waals surface area contributed by atoms with Crippen LogP contribution in [0.4, 0.5) is 0 Å². The van der Waals surface area contributed by atoms with Crippen LogP contribution in [0.5, 0.6) is 23.0 Å². The quantitative estimate of drug-likeness (QED) is 0.540. The molecule has 3 aromatic carbocycles. The summed E-state index contributed by atoms with van der Waals surface area (Å²) in [4.78, 5) is 0. The van der Waals surface area contributed by atoms with E-state index in [9.17, 15) is 0 Å². The van der Waals surface area contributed by atoms with Gasteiger partial charge in [-0.1, -0.05) is 56.3 Å². The number of para-hydroxylation sites is 2. The Morgan fingerprint density at radius 1 is 0.565 bits per heavy atom. The van der Waals surface area contributed by atoms with Crippen molar-refractivity contribution in [2.24, 2.45) is 0 Å². The number of benzene rings is 3. The second kappa shape index (κ2) is 8.64. The molecule has 0 fully saturated rings. The van der Waals surface area contributed by atoms with Crippen molar-refractivity contribution in [3.05, 3.63) is 84.4 Å². The number of ether oxygens (including phenoxy) is 2. The maximum absolute atomic E-state index is 5.94. The predicted octanol–water partition coefficient (Wildman–Crippen LogP) is 6.61. The number of aryl methyl sites for hydroxylation is 1. The second-order valence-corrected chi connectivity index (χ2v) is 4.78. The highest BCUT2D eigenvalue weighted by atomic mass is 16.5. The Hall–Kier alpha value is -2.74. The normalized spacial score (nSPS) is 9.52. The highest BCUT2D eigenvalue weighted by Crippen LogP contribution is 2.35. The Morgan fingerprint density at radius 2 is 1.04 bits per heavy atom. The van der Waals surface area contributed by atoms with E-state index in [0.29, 0.717) is 11.5 Å². The first-order valence-corrected chi connectivity index (χ1v) is 7.88. The minimum atomic E-state index is 0.704. The number of hydrogen-bond acceptors (Lipinski definition) is 2. The molecule has 0 aliphatic heterocycles. The molecule has 0 saturated carbocycles. The van der Waals surface area contributed by atoms with E-state index in [1.165, 1.54) is 0 Å². The molecule has 0 unspecified atom stereocenters. The van der Waals surface area contributed by atoms with E-state index < -0.39 is 0 Å². The molecule has 2 nitrogen and oxygen atoms in total. The molecule has 0 radical (unpaired) electrons. The van der Waals surface area contributed by atoms with E-state index in [1.54, 1.807) is 0 Å². The molecule has 0 atom stereocenters. The third-order valence-electron chi connectivity index (χ3n) is 3.04. The smallest absolute Gasteiger partial charge is 0.170 e. The van der Waals surface area contributed by atoms with Crippen LogP contribution in [0.3, 0.4) is 0 Å². The van der Waals surface area contributed by atoms with Crippen molar-refractivity contribution in [2.75, 3.05) is 0 Å². The van der Waals surface area contributed by atoms with E-state index >= 15 is 0 Å². The molecule has 0 aromatic heterocycles. The van der Waals surface area contributed by atoms with Crippen molar-refractivity contribution in [3.8, 4) is 23.0 Å². The molecule has 118 valence electrons. The van der Waals surface area contributed by atoms with Crippen LogP contribution >= 0.6 is 0 Å². The third-order valence-corrected chi connectivity index (χ3v) is 3.04. The Morgan fingerprint density at radius 3 is 1.57 bits per heavy atom. The SMILES string of the molecule is CC.Cc1ccc(Oc2ccccc2)c(Oc2ccccc2)c1. The molecular formula is C21H22O2. The lowest BCUT2D eigenvalue weighted by Gasteiger charge is -2.13. The molecule has 0 heterocycles. The van der Waals surface area contributed by atoms with Gasteiger partial charge in [0, 0.05) is 0 Å². The molecular weight excluding hydrogens is 284 g/mol. The van der Waals surface area contributed by atoms with Gasteiger partial charge < -0.3 is 9.47 Å². The van der Waals surface area contributed by atoms with Crippen LogP contribution in [0.15, 0.2) is 78.9 Å². The van der Waals surface area contributed by atoms with Crippen LogP contribution in [-0.4, -0.2) is 0 Å². The monoisotopic (exact) mass is 306 g/mol. The molecule has 3 aromatic rings. The molecule has 0 spiro atoms. The zero-order valence-electron chi connectivity index (χ0n) is 13.8. The number of hydrogen-bond donors (Lipinski definition) is 0. The molecule has 0 N–H and O–H groups in total. The number of rotatable bonds is 4. The average molecular weight is 306 g/mol. The Balaban J connectivity index is 0.000000924. The van der Waals surface area contributed by atoms with Gasteiger partial charge in [-0.15, -0.1) is 0 Å². The van der Waals surface area contributed by atoms with Crippen molar-refractivity contribution in [1.29, 1.82) is 0 Å². The fourth-order valence-corrected chi connectivity index (χ4v) is 2.01.